The average molecular weight is 491 g/mol. The van der Waals surface area contributed by atoms with Crippen LogP contribution in [-0.4, -0.2) is 69.2 Å². The number of esters is 2. The largest absolute Gasteiger partial charge is 0.456 e. The molecule has 1 aromatic heterocycles. The van der Waals surface area contributed by atoms with Crippen LogP contribution in [0.3, 0.4) is 0 Å². The number of hydrogen-bond donors (Lipinski definition) is 3. The molecule has 0 radical (unpaired) electrons. The van der Waals surface area contributed by atoms with E-state index in [1.807, 2.05) is 0 Å². The molecule has 1 unspecified atom stereocenters. The molecule has 1 aliphatic rings. The van der Waals surface area contributed by atoms with Gasteiger partial charge in [0.05, 0.1) is 5.04 Å². The lowest BCUT2D eigenvalue weighted by Gasteiger charge is -2.11. The van der Waals surface area contributed by atoms with Crippen molar-refractivity contribution in [2.45, 2.75) is 32.2 Å². The number of amides is 2. The van der Waals surface area contributed by atoms with Gasteiger partial charge in [-0.05, 0) is 11.5 Å². The van der Waals surface area contributed by atoms with Gasteiger partial charge in [0.25, 0.3) is 11.8 Å². The lowest BCUT2D eigenvalue weighted by Crippen LogP contribution is -2.40. The van der Waals surface area contributed by atoms with Crippen LogP contribution in [0.1, 0.15) is 25.3 Å². The number of aryl methyl sites for hydroxylation is 1. The Morgan fingerprint density at radius 1 is 1.03 bits per heavy atom. The van der Waals surface area contributed by atoms with Crippen LogP contribution in [0.4, 0.5) is 5.13 Å². The third-order valence-electron chi connectivity index (χ3n) is 3.30. The molecule has 12 nitrogen and oxygen atoms in total. The number of rotatable bonds is 12. The highest BCUT2D eigenvalue weighted by Gasteiger charge is 2.21. The first-order valence-corrected chi connectivity index (χ1v) is 11.9. The maximum atomic E-state index is 11.6. The van der Waals surface area contributed by atoms with Crippen LogP contribution in [0.15, 0.2) is 5.10 Å². The van der Waals surface area contributed by atoms with E-state index in [2.05, 4.69) is 40.8 Å². The van der Waals surface area contributed by atoms with Gasteiger partial charge in [-0.1, -0.05) is 23.1 Å². The predicted molar refractivity (Wildman–Crippen MR) is 118 cm³/mol. The minimum Gasteiger partial charge on any atom is -0.456 e. The van der Waals surface area contributed by atoms with E-state index >= 15 is 0 Å². The van der Waals surface area contributed by atoms with Crippen LogP contribution >= 0.6 is 34.9 Å². The normalized spacial score (nSPS) is 14.9. The Kier molecular flexibility index (Phi) is 10.5. The Hall–Kier alpha value is -2.39. The summed E-state index contributed by atoms with van der Waals surface area (Å²) in [6.07, 6.45) is 1.45. The molecule has 1 atom stereocenters. The van der Waals surface area contributed by atoms with E-state index in [0.717, 1.165) is 28.0 Å². The lowest BCUT2D eigenvalue weighted by molar-refractivity contribution is -0.146. The molecule has 170 valence electrons. The van der Waals surface area contributed by atoms with Crippen LogP contribution in [0.25, 0.3) is 0 Å². The minimum atomic E-state index is -0.526. The summed E-state index contributed by atoms with van der Waals surface area (Å²) < 4.78 is 9.24. The smallest absolute Gasteiger partial charge is 0.303 e. The van der Waals surface area contributed by atoms with Crippen molar-refractivity contribution in [3.8, 4) is 0 Å². The van der Waals surface area contributed by atoms with Crippen molar-refractivity contribution in [3.05, 3.63) is 5.01 Å². The van der Waals surface area contributed by atoms with E-state index in [4.69, 9.17) is 0 Å². The second kappa shape index (κ2) is 13.1. The van der Waals surface area contributed by atoms with Crippen molar-refractivity contribution in [2.24, 2.45) is 5.10 Å². The predicted octanol–water partition coefficient (Wildman–Crippen LogP) is 0.318. The summed E-state index contributed by atoms with van der Waals surface area (Å²) in [6, 6.07) is 0. The van der Waals surface area contributed by atoms with Crippen molar-refractivity contribution in [3.63, 3.8) is 0 Å². The highest BCUT2D eigenvalue weighted by Crippen LogP contribution is 2.21. The van der Waals surface area contributed by atoms with Crippen LogP contribution in [-0.2, 0) is 35.1 Å². The third-order valence-corrected chi connectivity index (χ3v) is 6.21. The molecule has 15 heteroatoms. The zero-order chi connectivity index (χ0) is 22.6. The number of anilines is 1. The summed E-state index contributed by atoms with van der Waals surface area (Å²) in [4.78, 5) is 44.6. The quantitative estimate of drug-likeness (QED) is 0.273. The lowest BCUT2D eigenvalue weighted by atomic mass is 10.5. The number of hydrazone groups is 1. The van der Waals surface area contributed by atoms with Crippen molar-refractivity contribution in [2.75, 3.05) is 30.0 Å². The highest BCUT2D eigenvalue weighted by molar-refractivity contribution is 8.14. The summed E-state index contributed by atoms with van der Waals surface area (Å²) in [5.74, 6) is -0.231. The van der Waals surface area contributed by atoms with Gasteiger partial charge in [0.2, 0.25) is 5.13 Å². The van der Waals surface area contributed by atoms with Gasteiger partial charge in [-0.15, -0.1) is 10.2 Å². The summed E-state index contributed by atoms with van der Waals surface area (Å²) >= 11 is 4.40. The number of carbonyl (C=O) groups excluding carboxylic acids is 4. The second-order valence-electron chi connectivity index (χ2n) is 5.92. The molecule has 2 heterocycles. The number of aromatic nitrogens is 2. The SMILES string of the molecule is CC(=O)OCC(=O)Nc1nnc(CCSCCC2=NNC(NC(=O)COC(C)=O)S2)s1. The molecule has 31 heavy (non-hydrogen) atoms. The number of ether oxygens (including phenoxy) is 2. The maximum absolute atomic E-state index is 11.6. The molecular weight excluding hydrogens is 468 g/mol. The van der Waals surface area contributed by atoms with E-state index in [1.165, 1.54) is 36.9 Å². The van der Waals surface area contributed by atoms with Crippen molar-refractivity contribution in [1.29, 1.82) is 0 Å². The van der Waals surface area contributed by atoms with Gasteiger partial charge in [0, 0.05) is 26.7 Å². The third kappa shape index (κ3) is 10.5. The van der Waals surface area contributed by atoms with E-state index in [1.54, 1.807) is 11.8 Å². The summed E-state index contributed by atoms with van der Waals surface area (Å²) in [5, 5.41) is 19.3. The van der Waals surface area contributed by atoms with Crippen LogP contribution < -0.4 is 16.1 Å². The number of thioether (sulfide) groups is 2. The first-order chi connectivity index (χ1) is 14.8. The molecule has 3 N–H and O–H groups in total. The van der Waals surface area contributed by atoms with E-state index in [0.29, 0.717) is 11.6 Å². The molecule has 0 saturated carbocycles. The van der Waals surface area contributed by atoms with Gasteiger partial charge in [0.15, 0.2) is 18.7 Å². The van der Waals surface area contributed by atoms with E-state index in [9.17, 15) is 19.2 Å². The Bertz CT molecular complexity index is 833. The Labute approximate surface area is 190 Å². The number of nitrogens with zero attached hydrogens (tertiary/aromatic N) is 3. The zero-order valence-electron chi connectivity index (χ0n) is 16.8. The molecule has 0 bridgehead atoms. The van der Waals surface area contributed by atoms with E-state index in [-0.39, 0.29) is 18.7 Å². The van der Waals surface area contributed by atoms with Gasteiger partial charge < -0.3 is 14.8 Å². The zero-order valence-corrected chi connectivity index (χ0v) is 19.3. The Morgan fingerprint density at radius 3 is 2.42 bits per heavy atom. The Balaban J connectivity index is 1.55. The van der Waals surface area contributed by atoms with Gasteiger partial charge in [0.1, 0.15) is 5.01 Å². The fraction of sp³-hybridized carbons (Fsp3) is 0.562. The number of hydrogen-bond acceptors (Lipinski definition) is 13. The molecule has 2 amide bonds. The second-order valence-corrected chi connectivity index (χ2v) is 9.39. The summed E-state index contributed by atoms with van der Waals surface area (Å²) in [5.41, 5.74) is 2.44. The summed E-state index contributed by atoms with van der Waals surface area (Å²) in [6.45, 7) is 1.80. The molecule has 0 aliphatic carbocycles. The molecular formula is C16H22N6O6S3. The first-order valence-electron chi connectivity index (χ1n) is 9.06. The van der Waals surface area contributed by atoms with Crippen LogP contribution in [0.5, 0.6) is 0 Å². The fourth-order valence-corrected chi connectivity index (χ4v) is 4.79. The summed E-state index contributed by atoms with van der Waals surface area (Å²) in [7, 11) is 0. The van der Waals surface area contributed by atoms with Gasteiger partial charge in [-0.25, -0.2) is 0 Å². The Morgan fingerprint density at radius 2 is 1.71 bits per heavy atom. The topological polar surface area (TPSA) is 161 Å². The van der Waals surface area contributed by atoms with Crippen molar-refractivity contribution in [1.82, 2.24) is 20.9 Å². The van der Waals surface area contributed by atoms with E-state index < -0.39 is 23.8 Å². The maximum Gasteiger partial charge on any atom is 0.303 e. The molecule has 2 rings (SSSR count). The number of carbonyl (C=O) groups is 4. The fourth-order valence-electron chi connectivity index (χ4n) is 2.00. The van der Waals surface area contributed by atoms with Gasteiger partial charge in [-0.3, -0.25) is 29.9 Å². The van der Waals surface area contributed by atoms with Crippen LogP contribution in [0.2, 0.25) is 0 Å². The van der Waals surface area contributed by atoms with Gasteiger partial charge in [-0.2, -0.15) is 16.9 Å². The number of nitrogens with one attached hydrogen (secondary N) is 3. The average Bonchev–Trinajstić information content (AvgIpc) is 3.34. The molecule has 0 saturated heterocycles. The molecule has 0 fully saturated rings. The molecule has 0 aromatic carbocycles. The minimum absolute atomic E-state index is 0.317. The molecule has 1 aliphatic heterocycles. The highest BCUT2D eigenvalue weighted by atomic mass is 32.2. The standard InChI is InChI=1S/C16H22N6O6S3/c1-9(23)27-7-11(25)17-15-21-19-13(30-15)3-5-29-6-4-14-20-22-16(31-14)18-12(26)8-28-10(2)24/h15,21H,3-8H2,1-2H3,(H,17,25)(H,18,22,26). The molecule has 0 spiro atoms. The monoisotopic (exact) mass is 490 g/mol. The molecule has 1 aromatic rings. The van der Waals surface area contributed by atoms with Crippen molar-refractivity contribution >= 4 is 68.8 Å². The van der Waals surface area contributed by atoms with Crippen molar-refractivity contribution < 1.29 is 28.7 Å². The van der Waals surface area contributed by atoms with Crippen LogP contribution in [0, 0.1) is 0 Å². The first kappa shape index (κ1) is 24.9. The van der Waals surface area contributed by atoms with Gasteiger partial charge >= 0.3 is 11.9 Å².